The predicted octanol–water partition coefficient (Wildman–Crippen LogP) is 17.4. The topological polar surface area (TPSA) is 52.6 Å². The van der Waals surface area contributed by atoms with Gasteiger partial charge in [-0.05, 0) is 31.6 Å². The lowest BCUT2D eigenvalue weighted by Gasteiger charge is -2.14. The highest BCUT2D eigenvalue weighted by atomic mass is 16.5. The number of carbonyl (C=O) groups excluding carboxylic acids is 2. The van der Waals surface area contributed by atoms with Crippen molar-refractivity contribution in [3.63, 3.8) is 0 Å². The maximum atomic E-state index is 11.8. The Balaban J connectivity index is 0. The zero-order valence-corrected chi connectivity index (χ0v) is 37.9. The van der Waals surface area contributed by atoms with Crippen LogP contribution in [0.15, 0.2) is 0 Å². The summed E-state index contributed by atoms with van der Waals surface area (Å²) in [4.78, 5) is 23.5. The van der Waals surface area contributed by atoms with Crippen LogP contribution < -0.4 is 0 Å². The lowest BCUT2D eigenvalue weighted by molar-refractivity contribution is -0.145. The fraction of sp³-hybridized carbons (Fsp3) is 0.960. The third-order valence-electron chi connectivity index (χ3n) is 11.3. The minimum atomic E-state index is 0.0167. The molecule has 0 aliphatic heterocycles. The zero-order valence-electron chi connectivity index (χ0n) is 37.9. The van der Waals surface area contributed by atoms with Gasteiger partial charge in [-0.15, -0.1) is 0 Å². The summed E-state index contributed by atoms with van der Waals surface area (Å²) in [6, 6.07) is 0. The summed E-state index contributed by atoms with van der Waals surface area (Å²) in [6.07, 6.45) is 51.2. The van der Waals surface area contributed by atoms with Crippen LogP contribution in [0.25, 0.3) is 0 Å². The molecule has 0 aliphatic carbocycles. The second-order valence-corrected chi connectivity index (χ2v) is 16.8. The van der Waals surface area contributed by atoms with E-state index in [0.29, 0.717) is 32.0 Å². The van der Waals surface area contributed by atoms with Gasteiger partial charge >= 0.3 is 11.9 Å². The first-order chi connectivity index (χ1) is 26.5. The van der Waals surface area contributed by atoms with Gasteiger partial charge in [0.05, 0.1) is 13.2 Å². The van der Waals surface area contributed by atoms with Crippen LogP contribution in [0.5, 0.6) is 0 Å². The lowest BCUT2D eigenvalue weighted by atomic mass is 10.0. The van der Waals surface area contributed by atoms with Crippen molar-refractivity contribution in [2.45, 2.75) is 291 Å². The molecule has 0 heterocycles. The summed E-state index contributed by atoms with van der Waals surface area (Å²) in [5, 5.41) is 0. The fourth-order valence-corrected chi connectivity index (χ4v) is 7.25. The summed E-state index contributed by atoms with van der Waals surface area (Å²) in [5.41, 5.74) is 0. The van der Waals surface area contributed by atoms with Crippen LogP contribution in [0, 0.1) is 5.92 Å². The van der Waals surface area contributed by atoms with E-state index in [0.717, 1.165) is 25.7 Å². The van der Waals surface area contributed by atoms with E-state index in [2.05, 4.69) is 34.6 Å². The summed E-state index contributed by atoms with van der Waals surface area (Å²) in [5.74, 6) is 0.597. The molecule has 0 rings (SSSR count). The molecule has 1 unspecified atom stereocenters. The highest BCUT2D eigenvalue weighted by molar-refractivity contribution is 5.69. The van der Waals surface area contributed by atoms with E-state index in [9.17, 15) is 9.59 Å². The molecular formula is C50H100O4. The molecule has 0 aromatic heterocycles. The van der Waals surface area contributed by atoms with Crippen LogP contribution in [0.2, 0.25) is 0 Å². The van der Waals surface area contributed by atoms with Crippen molar-refractivity contribution in [3.05, 3.63) is 0 Å². The number of unbranched alkanes of at least 4 members (excludes halogenated alkanes) is 32. The van der Waals surface area contributed by atoms with Gasteiger partial charge in [0, 0.05) is 12.8 Å². The third-order valence-corrected chi connectivity index (χ3v) is 11.3. The van der Waals surface area contributed by atoms with Crippen molar-refractivity contribution in [2.24, 2.45) is 5.92 Å². The Morgan fingerprint density at radius 1 is 0.333 bits per heavy atom. The van der Waals surface area contributed by atoms with Gasteiger partial charge in [0.2, 0.25) is 0 Å². The predicted molar refractivity (Wildman–Crippen MR) is 238 cm³/mol. The molecule has 0 bridgehead atoms. The van der Waals surface area contributed by atoms with Crippen LogP contribution in [-0.2, 0) is 19.1 Å². The molecule has 4 heteroatoms. The molecule has 0 amide bonds. The molecule has 0 radical (unpaired) electrons. The Hall–Kier alpha value is -1.06. The standard InChI is InChI=1S/C26H52O2.C24H48O2/c1-3-5-7-9-11-13-14-15-16-17-18-20-22-24-26(27)28-25-23-21-19-12-10-8-6-4-2;1-4-7-9-10-11-12-13-14-15-16-17-18-19-21-24(25)26-22-23(6-3)20-8-5-2/h3-25H2,1-2H3;23H,4-22H2,1-3H3. The maximum absolute atomic E-state index is 11.8. The number of esters is 2. The van der Waals surface area contributed by atoms with Crippen molar-refractivity contribution in [2.75, 3.05) is 13.2 Å². The summed E-state index contributed by atoms with van der Waals surface area (Å²) < 4.78 is 10.8. The average molecular weight is 765 g/mol. The minimum absolute atomic E-state index is 0.0167. The van der Waals surface area contributed by atoms with Crippen LogP contribution >= 0.6 is 0 Å². The Bertz CT molecular complexity index is 707. The molecule has 0 aliphatic rings. The Labute approximate surface area is 340 Å². The largest absolute Gasteiger partial charge is 0.466 e. The van der Waals surface area contributed by atoms with Crippen LogP contribution in [0.4, 0.5) is 0 Å². The van der Waals surface area contributed by atoms with E-state index in [-0.39, 0.29) is 11.9 Å². The zero-order chi connectivity index (χ0) is 39.8. The second-order valence-electron chi connectivity index (χ2n) is 16.8. The van der Waals surface area contributed by atoms with E-state index >= 15 is 0 Å². The van der Waals surface area contributed by atoms with Crippen molar-refractivity contribution in [1.82, 2.24) is 0 Å². The van der Waals surface area contributed by atoms with E-state index in [1.54, 1.807) is 0 Å². The Kier molecular flexibility index (Phi) is 50.9. The normalized spacial score (nSPS) is 11.6. The molecule has 0 aromatic rings. The molecule has 1 atom stereocenters. The van der Waals surface area contributed by atoms with Gasteiger partial charge in [0.15, 0.2) is 0 Å². The summed E-state index contributed by atoms with van der Waals surface area (Å²) in [6.45, 7) is 12.5. The van der Waals surface area contributed by atoms with Crippen molar-refractivity contribution >= 4 is 11.9 Å². The lowest BCUT2D eigenvalue weighted by Crippen LogP contribution is -2.13. The average Bonchev–Trinajstić information content (AvgIpc) is 3.18. The number of rotatable bonds is 43. The molecule has 0 spiro atoms. The first-order valence-electron chi connectivity index (χ1n) is 24.9. The molecule has 54 heavy (non-hydrogen) atoms. The molecule has 324 valence electrons. The van der Waals surface area contributed by atoms with Crippen molar-refractivity contribution < 1.29 is 19.1 Å². The van der Waals surface area contributed by atoms with Gasteiger partial charge in [-0.1, -0.05) is 253 Å². The van der Waals surface area contributed by atoms with Gasteiger partial charge < -0.3 is 9.47 Å². The van der Waals surface area contributed by atoms with Crippen LogP contribution in [-0.4, -0.2) is 25.2 Å². The SMILES string of the molecule is CCCCCCCCCCCCCCCC(=O)OCC(CC)CCCC.CCCCCCCCCCCCCCCC(=O)OCCCCCCCCCC. The van der Waals surface area contributed by atoms with Crippen molar-refractivity contribution in [1.29, 1.82) is 0 Å². The molecular weight excluding hydrogens is 665 g/mol. The third kappa shape index (κ3) is 49.0. The number of hydrogen-bond acceptors (Lipinski definition) is 4. The molecule has 0 saturated carbocycles. The van der Waals surface area contributed by atoms with E-state index in [4.69, 9.17) is 9.47 Å². The fourth-order valence-electron chi connectivity index (χ4n) is 7.25. The first-order valence-corrected chi connectivity index (χ1v) is 24.9. The molecule has 0 fully saturated rings. The van der Waals surface area contributed by atoms with Gasteiger partial charge in [-0.3, -0.25) is 9.59 Å². The summed E-state index contributed by atoms with van der Waals surface area (Å²) >= 11 is 0. The van der Waals surface area contributed by atoms with Gasteiger partial charge in [0.1, 0.15) is 0 Å². The second kappa shape index (κ2) is 50.0. The van der Waals surface area contributed by atoms with E-state index in [1.165, 1.54) is 218 Å². The van der Waals surface area contributed by atoms with Crippen LogP contribution in [0.3, 0.4) is 0 Å². The highest BCUT2D eigenvalue weighted by Gasteiger charge is 2.10. The number of carbonyl (C=O) groups is 2. The van der Waals surface area contributed by atoms with E-state index < -0.39 is 0 Å². The summed E-state index contributed by atoms with van der Waals surface area (Å²) in [7, 11) is 0. The molecule has 0 N–H and O–H groups in total. The first kappa shape index (κ1) is 55.0. The molecule has 0 saturated heterocycles. The maximum Gasteiger partial charge on any atom is 0.305 e. The molecule has 0 aromatic carbocycles. The monoisotopic (exact) mass is 765 g/mol. The van der Waals surface area contributed by atoms with Crippen molar-refractivity contribution in [3.8, 4) is 0 Å². The molecule has 4 nitrogen and oxygen atoms in total. The highest BCUT2D eigenvalue weighted by Crippen LogP contribution is 2.16. The number of ether oxygens (including phenoxy) is 2. The van der Waals surface area contributed by atoms with Gasteiger partial charge in [-0.25, -0.2) is 0 Å². The van der Waals surface area contributed by atoms with Crippen LogP contribution in [0.1, 0.15) is 291 Å². The minimum Gasteiger partial charge on any atom is -0.466 e. The van der Waals surface area contributed by atoms with Gasteiger partial charge in [0.25, 0.3) is 0 Å². The quantitative estimate of drug-likeness (QED) is 0.0458. The number of hydrogen-bond donors (Lipinski definition) is 0. The smallest absolute Gasteiger partial charge is 0.305 e. The van der Waals surface area contributed by atoms with E-state index in [1.807, 2.05) is 0 Å². The van der Waals surface area contributed by atoms with Gasteiger partial charge in [-0.2, -0.15) is 0 Å². The Morgan fingerprint density at radius 2 is 0.611 bits per heavy atom. The Morgan fingerprint density at radius 3 is 0.926 bits per heavy atom.